The molecule has 0 bridgehead atoms. The third-order valence-corrected chi connectivity index (χ3v) is 6.66. The Morgan fingerprint density at radius 2 is 1.73 bits per heavy atom. The first-order valence-electron chi connectivity index (χ1n) is 11.5. The monoisotopic (exact) mass is 449 g/mol. The average Bonchev–Trinajstić information content (AvgIpc) is 2.82. The summed E-state index contributed by atoms with van der Waals surface area (Å²) in [7, 11) is 1.60. The maximum absolute atomic E-state index is 13.6. The molecule has 33 heavy (non-hydrogen) atoms. The van der Waals surface area contributed by atoms with Gasteiger partial charge in [0.1, 0.15) is 12.1 Å². The van der Waals surface area contributed by atoms with Crippen molar-refractivity contribution in [1.82, 2.24) is 14.7 Å². The highest BCUT2D eigenvalue weighted by Crippen LogP contribution is 2.25. The molecule has 0 unspecified atom stereocenters. The van der Waals surface area contributed by atoms with Gasteiger partial charge in [-0.2, -0.15) is 0 Å². The summed E-state index contributed by atoms with van der Waals surface area (Å²) in [5.74, 6) is -0.383. The molecule has 3 amide bonds. The van der Waals surface area contributed by atoms with Gasteiger partial charge >= 0.3 is 0 Å². The number of hydrogen-bond acceptors (Lipinski definition) is 4. The van der Waals surface area contributed by atoms with Crippen molar-refractivity contribution in [2.24, 2.45) is 0 Å². The summed E-state index contributed by atoms with van der Waals surface area (Å²) >= 11 is 0. The van der Waals surface area contributed by atoms with Gasteiger partial charge in [-0.15, -0.1) is 0 Å². The second-order valence-corrected chi connectivity index (χ2v) is 8.72. The molecule has 4 rings (SSSR count). The van der Waals surface area contributed by atoms with Crippen LogP contribution in [0, 0.1) is 6.92 Å². The molecule has 2 fully saturated rings. The van der Waals surface area contributed by atoms with Crippen LogP contribution < -0.4 is 0 Å². The number of aryl methyl sites for hydroxylation is 1. The van der Waals surface area contributed by atoms with E-state index >= 15 is 0 Å². The molecule has 2 atom stereocenters. The lowest BCUT2D eigenvalue weighted by atomic mass is 9.95. The molecule has 2 aliphatic heterocycles. The summed E-state index contributed by atoms with van der Waals surface area (Å²) in [5, 5.41) is 0. The average molecular weight is 450 g/mol. The van der Waals surface area contributed by atoms with E-state index in [-0.39, 0.29) is 30.7 Å². The number of hydrogen-bond donors (Lipinski definition) is 0. The Labute approximate surface area is 194 Å². The smallest absolute Gasteiger partial charge is 0.247 e. The second-order valence-electron chi connectivity index (χ2n) is 8.72. The molecule has 0 N–H and O–H groups in total. The van der Waals surface area contributed by atoms with Crippen molar-refractivity contribution in [2.45, 2.75) is 31.8 Å². The highest BCUT2D eigenvalue weighted by Gasteiger charge is 2.48. The van der Waals surface area contributed by atoms with Gasteiger partial charge in [0.15, 0.2) is 0 Å². The normalized spacial score (nSPS) is 20.7. The number of piperazine rings is 2. The fourth-order valence-electron chi connectivity index (χ4n) is 4.72. The lowest BCUT2D eigenvalue weighted by Crippen LogP contribution is -2.71. The summed E-state index contributed by atoms with van der Waals surface area (Å²) in [5.41, 5.74) is 2.97. The van der Waals surface area contributed by atoms with Crippen molar-refractivity contribution >= 4 is 17.7 Å². The van der Waals surface area contributed by atoms with Crippen LogP contribution in [0.1, 0.15) is 16.7 Å². The van der Waals surface area contributed by atoms with Crippen molar-refractivity contribution in [1.29, 1.82) is 0 Å². The van der Waals surface area contributed by atoms with Crippen molar-refractivity contribution in [3.05, 3.63) is 71.3 Å². The molecule has 0 radical (unpaired) electrons. The summed E-state index contributed by atoms with van der Waals surface area (Å²) in [6.07, 6.45) is 0.642. The number of rotatable bonds is 7. The van der Waals surface area contributed by atoms with Crippen LogP contribution in [0.4, 0.5) is 0 Å². The van der Waals surface area contributed by atoms with Gasteiger partial charge in [-0.25, -0.2) is 0 Å². The molecule has 2 aromatic rings. The lowest BCUT2D eigenvalue weighted by molar-refractivity contribution is -0.166. The van der Waals surface area contributed by atoms with Crippen molar-refractivity contribution in [2.75, 3.05) is 39.9 Å². The number of fused-ring (bicyclic) bond motifs is 1. The number of benzene rings is 2. The molecule has 2 heterocycles. The summed E-state index contributed by atoms with van der Waals surface area (Å²) in [6.45, 7) is 4.09. The van der Waals surface area contributed by atoms with Crippen molar-refractivity contribution in [3.8, 4) is 0 Å². The van der Waals surface area contributed by atoms with E-state index in [1.165, 1.54) is 0 Å². The van der Waals surface area contributed by atoms with E-state index < -0.39 is 12.1 Å². The van der Waals surface area contributed by atoms with E-state index in [1.807, 2.05) is 61.5 Å². The minimum atomic E-state index is -0.643. The number of carbonyl (C=O) groups is 3. The first-order valence-corrected chi connectivity index (χ1v) is 11.5. The fraction of sp³-hybridized carbons (Fsp3) is 0.423. The van der Waals surface area contributed by atoms with Crippen LogP contribution in [0.25, 0.3) is 0 Å². The Morgan fingerprint density at radius 1 is 1.00 bits per heavy atom. The van der Waals surface area contributed by atoms with E-state index in [0.29, 0.717) is 32.7 Å². The summed E-state index contributed by atoms with van der Waals surface area (Å²) in [6, 6.07) is 16.3. The first-order chi connectivity index (χ1) is 16.0. The molecule has 2 aliphatic rings. The van der Waals surface area contributed by atoms with Gasteiger partial charge < -0.3 is 19.4 Å². The number of methoxy groups -OCH3 is 1. The Morgan fingerprint density at radius 3 is 2.45 bits per heavy atom. The lowest BCUT2D eigenvalue weighted by Gasteiger charge is -2.49. The van der Waals surface area contributed by atoms with Gasteiger partial charge in [-0.1, -0.05) is 54.6 Å². The standard InChI is InChI=1S/C26H31N3O4/c1-19-8-6-7-11-21(19)17-24(30)29-18-23-25(31)27(14-15-33-2)12-13-28(23)26(32)22(29)16-20-9-4-3-5-10-20/h3-11,22-23H,12-18H2,1-2H3/t22-,23-/m0/s1. The zero-order valence-corrected chi connectivity index (χ0v) is 19.3. The van der Waals surface area contributed by atoms with Crippen molar-refractivity contribution in [3.63, 3.8) is 0 Å². The molecule has 7 heteroatoms. The first kappa shape index (κ1) is 23.0. The Kier molecular flexibility index (Phi) is 7.08. The SMILES string of the molecule is COCCN1CCN2C(=O)[C@H](Cc3ccccc3)N(C(=O)Cc3ccccc3C)C[C@H]2C1=O. The highest BCUT2D eigenvalue weighted by molar-refractivity contribution is 5.96. The van der Waals surface area contributed by atoms with E-state index in [0.717, 1.165) is 16.7 Å². The Balaban J connectivity index is 1.61. The predicted molar refractivity (Wildman–Crippen MR) is 124 cm³/mol. The van der Waals surface area contributed by atoms with E-state index in [9.17, 15) is 14.4 Å². The summed E-state index contributed by atoms with van der Waals surface area (Å²) in [4.78, 5) is 45.4. The Hall–Kier alpha value is -3.19. The molecule has 0 saturated carbocycles. The van der Waals surface area contributed by atoms with Crippen LogP contribution in [0.3, 0.4) is 0 Å². The van der Waals surface area contributed by atoms with Gasteiger partial charge in [-0.05, 0) is 23.6 Å². The van der Waals surface area contributed by atoms with Crippen LogP contribution in [-0.4, -0.2) is 84.4 Å². The maximum Gasteiger partial charge on any atom is 0.247 e. The van der Waals surface area contributed by atoms with Crippen LogP contribution in [0.15, 0.2) is 54.6 Å². The number of carbonyl (C=O) groups excluding carboxylic acids is 3. The van der Waals surface area contributed by atoms with E-state index in [2.05, 4.69) is 0 Å². The second kappa shape index (κ2) is 10.2. The topological polar surface area (TPSA) is 70.2 Å². The maximum atomic E-state index is 13.6. The van der Waals surface area contributed by atoms with Crippen LogP contribution in [0.5, 0.6) is 0 Å². The van der Waals surface area contributed by atoms with Crippen molar-refractivity contribution < 1.29 is 19.1 Å². The number of ether oxygens (including phenoxy) is 1. The minimum Gasteiger partial charge on any atom is -0.383 e. The quantitative estimate of drug-likeness (QED) is 0.645. The predicted octanol–water partition coefficient (Wildman–Crippen LogP) is 1.68. The minimum absolute atomic E-state index is 0.112. The summed E-state index contributed by atoms with van der Waals surface area (Å²) < 4.78 is 5.13. The van der Waals surface area contributed by atoms with Crippen LogP contribution >= 0.6 is 0 Å². The zero-order chi connectivity index (χ0) is 23.4. The van der Waals surface area contributed by atoms with E-state index in [4.69, 9.17) is 4.74 Å². The van der Waals surface area contributed by atoms with Gasteiger partial charge in [0.2, 0.25) is 17.7 Å². The van der Waals surface area contributed by atoms with Gasteiger partial charge in [0.25, 0.3) is 0 Å². The molecule has 7 nitrogen and oxygen atoms in total. The molecule has 2 aromatic carbocycles. The van der Waals surface area contributed by atoms with Gasteiger partial charge in [-0.3, -0.25) is 14.4 Å². The van der Waals surface area contributed by atoms with Gasteiger partial charge in [0.05, 0.1) is 19.6 Å². The molecule has 174 valence electrons. The zero-order valence-electron chi connectivity index (χ0n) is 19.3. The number of nitrogens with zero attached hydrogens (tertiary/aromatic N) is 3. The number of amides is 3. The van der Waals surface area contributed by atoms with Crippen LogP contribution in [-0.2, 0) is 32.0 Å². The van der Waals surface area contributed by atoms with Gasteiger partial charge in [0, 0.05) is 33.2 Å². The fourth-order valence-corrected chi connectivity index (χ4v) is 4.72. The molecule has 2 saturated heterocycles. The highest BCUT2D eigenvalue weighted by atomic mass is 16.5. The molecule has 0 spiro atoms. The Bertz CT molecular complexity index is 1010. The molecular formula is C26H31N3O4. The molecule has 0 aliphatic carbocycles. The van der Waals surface area contributed by atoms with Crippen LogP contribution in [0.2, 0.25) is 0 Å². The third kappa shape index (κ3) is 4.93. The van der Waals surface area contributed by atoms with E-state index in [1.54, 1.807) is 21.8 Å². The third-order valence-electron chi connectivity index (χ3n) is 6.66. The molecule has 0 aromatic heterocycles. The largest absolute Gasteiger partial charge is 0.383 e. The molecular weight excluding hydrogens is 418 g/mol.